The molecule has 0 aliphatic heterocycles. The molecule has 0 spiro atoms. The molecule has 1 atom stereocenters. The van der Waals surface area contributed by atoms with Crippen LogP contribution < -0.4 is 0 Å². The first-order chi connectivity index (χ1) is 20.9. The van der Waals surface area contributed by atoms with Gasteiger partial charge in [0.05, 0.1) is 6.61 Å². The standard InChI is InChI=1S/C40H37BrO2/c1-5-27(4)40(23-13-6-14-24-43-39(42)26(2)3)35-20-12-11-15-29(35)30-22-21-28(25-36(30)40)37-31-16-7-9-18-33(31)38(41)34-19-10-8-17-32(34)37/h7-12,15-22,25H,2,4-6,13-14,23-24H2,1,3H3. The smallest absolute Gasteiger partial charge is 0.333 e. The predicted molar refractivity (Wildman–Crippen MR) is 184 cm³/mol. The third kappa shape index (κ3) is 4.94. The van der Waals surface area contributed by atoms with Gasteiger partial charge in [0.25, 0.3) is 0 Å². The molecule has 0 heterocycles. The number of unbranched alkanes of at least 4 members (excludes halogenated alkanes) is 2. The number of rotatable bonds is 10. The van der Waals surface area contributed by atoms with Crippen LogP contribution in [0.15, 0.2) is 120 Å². The van der Waals surface area contributed by atoms with Crippen LogP contribution in [0.5, 0.6) is 0 Å². The lowest BCUT2D eigenvalue weighted by Crippen LogP contribution is -2.27. The normalized spacial score (nSPS) is 15.3. The Morgan fingerprint density at radius 1 is 0.767 bits per heavy atom. The van der Waals surface area contributed by atoms with E-state index in [-0.39, 0.29) is 11.4 Å². The molecule has 0 saturated carbocycles. The molecule has 216 valence electrons. The van der Waals surface area contributed by atoms with E-state index in [1.54, 1.807) is 6.92 Å². The van der Waals surface area contributed by atoms with Crippen LogP contribution in [-0.2, 0) is 14.9 Å². The van der Waals surface area contributed by atoms with E-state index < -0.39 is 0 Å². The molecular formula is C40H37BrO2. The number of benzene rings is 5. The summed E-state index contributed by atoms with van der Waals surface area (Å²) in [7, 11) is 0. The first kappa shape index (κ1) is 29.1. The minimum atomic E-state index is -0.310. The number of ether oxygens (including phenoxy) is 1. The van der Waals surface area contributed by atoms with Crippen LogP contribution in [0.2, 0.25) is 0 Å². The van der Waals surface area contributed by atoms with Gasteiger partial charge in [-0.05, 0) is 103 Å². The summed E-state index contributed by atoms with van der Waals surface area (Å²) in [4.78, 5) is 11.8. The largest absolute Gasteiger partial charge is 0.462 e. The molecule has 0 N–H and O–H groups in total. The molecule has 43 heavy (non-hydrogen) atoms. The lowest BCUT2D eigenvalue weighted by molar-refractivity contribution is -0.139. The van der Waals surface area contributed by atoms with Gasteiger partial charge < -0.3 is 4.74 Å². The highest BCUT2D eigenvalue weighted by molar-refractivity contribution is 9.10. The Morgan fingerprint density at radius 2 is 1.37 bits per heavy atom. The average molecular weight is 630 g/mol. The molecule has 0 bridgehead atoms. The van der Waals surface area contributed by atoms with Crippen molar-refractivity contribution in [2.75, 3.05) is 6.61 Å². The molecular weight excluding hydrogens is 592 g/mol. The molecule has 0 fully saturated rings. The number of fused-ring (bicyclic) bond motifs is 5. The summed E-state index contributed by atoms with van der Waals surface area (Å²) < 4.78 is 6.50. The molecule has 5 aromatic carbocycles. The summed E-state index contributed by atoms with van der Waals surface area (Å²) in [6.07, 6.45) is 4.67. The zero-order valence-corrected chi connectivity index (χ0v) is 26.6. The van der Waals surface area contributed by atoms with Gasteiger partial charge >= 0.3 is 5.97 Å². The number of hydrogen-bond donors (Lipinski definition) is 0. The van der Waals surface area contributed by atoms with E-state index in [9.17, 15) is 4.79 Å². The lowest BCUT2D eigenvalue weighted by Gasteiger charge is -2.35. The van der Waals surface area contributed by atoms with E-state index >= 15 is 0 Å². The van der Waals surface area contributed by atoms with Crippen LogP contribution in [0.25, 0.3) is 43.8 Å². The van der Waals surface area contributed by atoms with Crippen LogP contribution in [0, 0.1) is 0 Å². The molecule has 5 aromatic rings. The summed E-state index contributed by atoms with van der Waals surface area (Å²) in [5, 5.41) is 4.92. The van der Waals surface area contributed by atoms with Gasteiger partial charge in [-0.15, -0.1) is 0 Å². The number of carbonyl (C=O) groups excluding carboxylic acids is 1. The van der Waals surface area contributed by atoms with E-state index in [2.05, 4.69) is 120 Å². The lowest BCUT2D eigenvalue weighted by atomic mass is 9.68. The SMILES string of the molecule is C=C(C)C(=O)OCCCCCC1(C(=C)CC)c2ccccc2-c2ccc(-c3c4ccccc4c(Br)c4ccccc34)cc21. The molecule has 0 amide bonds. The molecule has 1 unspecified atom stereocenters. The maximum atomic E-state index is 11.8. The molecule has 3 heteroatoms. The van der Waals surface area contributed by atoms with Crippen molar-refractivity contribution in [3.63, 3.8) is 0 Å². The number of halogens is 1. The molecule has 0 radical (unpaired) electrons. The average Bonchev–Trinajstić information content (AvgIpc) is 3.32. The first-order valence-corrected chi connectivity index (χ1v) is 16.0. The minimum absolute atomic E-state index is 0.272. The highest BCUT2D eigenvalue weighted by Crippen LogP contribution is 2.56. The Balaban J connectivity index is 1.47. The topological polar surface area (TPSA) is 26.3 Å². The van der Waals surface area contributed by atoms with Crippen molar-refractivity contribution in [2.45, 2.75) is 51.4 Å². The van der Waals surface area contributed by atoms with E-state index in [0.717, 1.165) is 36.6 Å². The fraction of sp³-hybridized carbons (Fsp3) is 0.225. The fourth-order valence-corrected chi connectivity index (χ4v) is 7.69. The van der Waals surface area contributed by atoms with Crippen molar-refractivity contribution in [3.8, 4) is 22.3 Å². The van der Waals surface area contributed by atoms with E-state index in [1.807, 2.05) is 0 Å². The van der Waals surface area contributed by atoms with Crippen molar-refractivity contribution >= 4 is 43.4 Å². The quantitative estimate of drug-likeness (QED) is 0.0505. The summed E-state index contributed by atoms with van der Waals surface area (Å²) >= 11 is 3.92. The van der Waals surface area contributed by atoms with E-state index in [0.29, 0.717) is 12.2 Å². The Kier molecular flexibility index (Phi) is 8.11. The van der Waals surface area contributed by atoms with Gasteiger partial charge in [-0.2, -0.15) is 0 Å². The third-order valence-corrected chi connectivity index (χ3v) is 9.97. The molecule has 2 nitrogen and oxygen atoms in total. The molecule has 6 rings (SSSR count). The second-order valence-electron chi connectivity index (χ2n) is 11.7. The van der Waals surface area contributed by atoms with Crippen molar-refractivity contribution in [2.24, 2.45) is 0 Å². The van der Waals surface area contributed by atoms with Crippen molar-refractivity contribution in [1.29, 1.82) is 0 Å². The molecule has 1 aliphatic carbocycles. The molecule has 0 saturated heterocycles. The van der Waals surface area contributed by atoms with Gasteiger partial charge in [0, 0.05) is 15.5 Å². The molecule has 0 aromatic heterocycles. The monoisotopic (exact) mass is 628 g/mol. The van der Waals surface area contributed by atoms with Gasteiger partial charge in [-0.1, -0.05) is 123 Å². The Hall–Kier alpha value is -3.95. The van der Waals surface area contributed by atoms with Crippen LogP contribution in [0.1, 0.15) is 57.1 Å². The maximum Gasteiger partial charge on any atom is 0.333 e. The third-order valence-electron chi connectivity index (χ3n) is 9.12. The summed E-state index contributed by atoms with van der Waals surface area (Å²) in [5.74, 6) is -0.310. The van der Waals surface area contributed by atoms with Crippen LogP contribution in [0.3, 0.4) is 0 Å². The van der Waals surface area contributed by atoms with Crippen molar-refractivity contribution < 1.29 is 9.53 Å². The van der Waals surface area contributed by atoms with Gasteiger partial charge in [0.2, 0.25) is 0 Å². The van der Waals surface area contributed by atoms with Gasteiger partial charge in [0.15, 0.2) is 0 Å². The van der Waals surface area contributed by atoms with Gasteiger partial charge in [-0.3, -0.25) is 0 Å². The Morgan fingerprint density at radius 3 is 2.02 bits per heavy atom. The van der Waals surface area contributed by atoms with Gasteiger partial charge in [0.1, 0.15) is 0 Å². The van der Waals surface area contributed by atoms with E-state index in [4.69, 9.17) is 11.3 Å². The minimum Gasteiger partial charge on any atom is -0.462 e. The zero-order chi connectivity index (χ0) is 30.1. The number of esters is 1. The first-order valence-electron chi connectivity index (χ1n) is 15.2. The maximum absolute atomic E-state index is 11.8. The number of carbonyl (C=O) groups is 1. The van der Waals surface area contributed by atoms with Crippen molar-refractivity contribution in [1.82, 2.24) is 0 Å². The summed E-state index contributed by atoms with van der Waals surface area (Å²) in [6, 6.07) is 33.3. The Labute approximate surface area is 263 Å². The second-order valence-corrected chi connectivity index (χ2v) is 12.5. The zero-order valence-electron chi connectivity index (χ0n) is 25.0. The van der Waals surface area contributed by atoms with E-state index in [1.165, 1.54) is 60.5 Å². The highest BCUT2D eigenvalue weighted by atomic mass is 79.9. The van der Waals surface area contributed by atoms with Crippen molar-refractivity contribution in [3.05, 3.63) is 131 Å². The highest BCUT2D eigenvalue weighted by Gasteiger charge is 2.44. The number of allylic oxidation sites excluding steroid dienone is 1. The van der Waals surface area contributed by atoms with Gasteiger partial charge in [-0.25, -0.2) is 4.79 Å². The summed E-state index contributed by atoms with van der Waals surface area (Å²) in [5.41, 5.74) is 9.22. The van der Waals surface area contributed by atoms with Crippen LogP contribution >= 0.6 is 15.9 Å². The predicted octanol–water partition coefficient (Wildman–Crippen LogP) is 11.3. The Bertz CT molecular complexity index is 1840. The number of hydrogen-bond acceptors (Lipinski definition) is 2. The second kappa shape index (κ2) is 12.0. The van der Waals surface area contributed by atoms with Crippen LogP contribution in [0.4, 0.5) is 0 Å². The molecule has 1 aliphatic rings. The van der Waals surface area contributed by atoms with Crippen LogP contribution in [-0.4, -0.2) is 12.6 Å². The summed E-state index contributed by atoms with van der Waals surface area (Å²) in [6.45, 7) is 12.7. The fourth-order valence-electron chi connectivity index (χ4n) is 7.00.